The third-order valence-electron chi connectivity index (χ3n) is 5.91. The third kappa shape index (κ3) is 4.25. The second kappa shape index (κ2) is 9.19. The van der Waals surface area contributed by atoms with E-state index in [1.54, 1.807) is 6.07 Å². The lowest BCUT2D eigenvalue weighted by molar-refractivity contribution is 0.112. The van der Waals surface area contributed by atoms with Gasteiger partial charge < -0.3 is 21.3 Å². The molecule has 0 aliphatic rings. The van der Waals surface area contributed by atoms with Crippen molar-refractivity contribution in [2.45, 2.75) is 6.61 Å². The number of nitrogens with zero attached hydrogens (tertiary/aromatic N) is 1. The van der Waals surface area contributed by atoms with Gasteiger partial charge in [-0.3, -0.25) is 4.79 Å². The average Bonchev–Trinajstić information content (AvgIpc) is 2.87. The van der Waals surface area contributed by atoms with Gasteiger partial charge in [0.2, 0.25) is 0 Å². The summed E-state index contributed by atoms with van der Waals surface area (Å²) in [5, 5.41) is 14.8. The average molecular weight is 462 g/mol. The van der Waals surface area contributed by atoms with Crippen molar-refractivity contribution < 1.29 is 14.6 Å². The van der Waals surface area contributed by atoms with Gasteiger partial charge in [0.1, 0.15) is 18.1 Å². The molecule has 172 valence electrons. The molecule has 0 atom stereocenters. The van der Waals surface area contributed by atoms with E-state index in [9.17, 15) is 9.90 Å². The molecule has 5 N–H and O–H groups in total. The zero-order valence-electron chi connectivity index (χ0n) is 18.8. The summed E-state index contributed by atoms with van der Waals surface area (Å²) >= 11 is 0. The number of hydrogen-bond donors (Lipinski definition) is 3. The summed E-state index contributed by atoms with van der Waals surface area (Å²) in [7, 11) is 0. The number of phenols is 1. The minimum Gasteiger partial charge on any atom is -0.507 e. The fraction of sp³-hybridized carbons (Fsp3) is 0.0345. The molecule has 0 unspecified atom stereocenters. The number of phenolic OH excluding ortho intramolecular Hbond substituents is 1. The molecule has 5 aromatic rings. The molecule has 5 rings (SSSR count). The van der Waals surface area contributed by atoms with Crippen LogP contribution in [0.25, 0.3) is 32.7 Å². The predicted octanol–water partition coefficient (Wildman–Crippen LogP) is 5.66. The van der Waals surface area contributed by atoms with Gasteiger partial charge in [-0.15, -0.1) is 0 Å². The Hall–Kier alpha value is -4.84. The van der Waals surface area contributed by atoms with E-state index < -0.39 is 0 Å². The van der Waals surface area contributed by atoms with Crippen molar-refractivity contribution in [2.75, 3.05) is 0 Å². The highest BCUT2D eigenvalue weighted by molar-refractivity contribution is 6.12. The number of benzene rings is 5. The van der Waals surface area contributed by atoms with Gasteiger partial charge in [-0.25, -0.2) is 4.99 Å². The van der Waals surface area contributed by atoms with Gasteiger partial charge in [0.15, 0.2) is 12.2 Å². The summed E-state index contributed by atoms with van der Waals surface area (Å²) in [6.45, 7) is 0.291. The number of hydrogen-bond acceptors (Lipinski definition) is 4. The van der Waals surface area contributed by atoms with Gasteiger partial charge in [-0.1, -0.05) is 66.7 Å². The third-order valence-corrected chi connectivity index (χ3v) is 5.91. The molecule has 0 radical (unpaired) electrons. The summed E-state index contributed by atoms with van der Waals surface area (Å²) < 4.78 is 6.30. The highest BCUT2D eigenvalue weighted by Crippen LogP contribution is 2.46. The number of aromatic hydroxyl groups is 1. The smallest absolute Gasteiger partial charge is 0.191 e. The topological polar surface area (TPSA) is 111 Å². The maximum Gasteiger partial charge on any atom is 0.191 e. The number of rotatable bonds is 6. The van der Waals surface area contributed by atoms with E-state index in [1.807, 2.05) is 84.9 Å². The number of carbonyl (C=O) groups is 1. The van der Waals surface area contributed by atoms with E-state index in [1.165, 1.54) is 0 Å². The van der Waals surface area contributed by atoms with Gasteiger partial charge in [-0.05, 0) is 51.4 Å². The fourth-order valence-electron chi connectivity index (χ4n) is 4.31. The predicted molar refractivity (Wildman–Crippen MR) is 140 cm³/mol. The summed E-state index contributed by atoms with van der Waals surface area (Å²) in [4.78, 5) is 15.8. The van der Waals surface area contributed by atoms with Crippen molar-refractivity contribution in [2.24, 2.45) is 16.5 Å². The number of fused-ring (bicyclic) bond motifs is 2. The molecule has 0 fully saturated rings. The van der Waals surface area contributed by atoms with Gasteiger partial charge in [0.05, 0.1) is 11.3 Å². The molecular weight excluding hydrogens is 438 g/mol. The summed E-state index contributed by atoms with van der Waals surface area (Å²) in [6.07, 6.45) is 0.676. The van der Waals surface area contributed by atoms with Crippen LogP contribution in [0.1, 0.15) is 15.9 Å². The van der Waals surface area contributed by atoms with Crippen LogP contribution in [-0.4, -0.2) is 17.4 Å². The monoisotopic (exact) mass is 461 g/mol. The highest BCUT2D eigenvalue weighted by Gasteiger charge is 2.20. The van der Waals surface area contributed by atoms with Crippen molar-refractivity contribution in [3.63, 3.8) is 0 Å². The summed E-state index contributed by atoms with van der Waals surface area (Å²) in [5.41, 5.74) is 14.0. The largest absolute Gasteiger partial charge is 0.507 e. The van der Waals surface area contributed by atoms with E-state index in [2.05, 4.69) is 4.99 Å². The Bertz CT molecular complexity index is 1590. The molecule has 0 spiro atoms. The first-order chi connectivity index (χ1) is 17.0. The van der Waals surface area contributed by atoms with Gasteiger partial charge in [0, 0.05) is 11.1 Å². The Morgan fingerprint density at radius 3 is 2.17 bits per heavy atom. The number of aldehydes is 1. The lowest BCUT2D eigenvalue weighted by Gasteiger charge is -2.18. The molecule has 6 heteroatoms. The lowest BCUT2D eigenvalue weighted by Crippen LogP contribution is -2.21. The molecule has 0 amide bonds. The maximum absolute atomic E-state index is 11.8. The van der Waals surface area contributed by atoms with E-state index in [0.717, 1.165) is 32.7 Å². The Kier molecular flexibility index (Phi) is 5.77. The molecule has 5 aromatic carbocycles. The van der Waals surface area contributed by atoms with Gasteiger partial charge in [0.25, 0.3) is 0 Å². The number of guanidine groups is 1. The number of nitrogens with two attached hydrogens (primary N) is 2. The van der Waals surface area contributed by atoms with Crippen LogP contribution in [0.2, 0.25) is 0 Å². The minimum absolute atomic E-state index is 0.000561. The van der Waals surface area contributed by atoms with Gasteiger partial charge >= 0.3 is 0 Å². The van der Waals surface area contributed by atoms with E-state index >= 15 is 0 Å². The van der Waals surface area contributed by atoms with Crippen LogP contribution in [0.3, 0.4) is 0 Å². The first kappa shape index (κ1) is 22.0. The van der Waals surface area contributed by atoms with Crippen LogP contribution in [0.5, 0.6) is 11.5 Å². The molecule has 0 bridgehead atoms. The normalized spacial score (nSPS) is 10.9. The molecule has 0 heterocycles. The molecular formula is C29H23N3O3. The zero-order valence-corrected chi connectivity index (χ0v) is 18.8. The molecule has 35 heavy (non-hydrogen) atoms. The van der Waals surface area contributed by atoms with Crippen LogP contribution < -0.4 is 16.2 Å². The van der Waals surface area contributed by atoms with Crippen molar-refractivity contribution in [3.8, 4) is 22.6 Å². The van der Waals surface area contributed by atoms with E-state index in [-0.39, 0.29) is 17.3 Å². The Morgan fingerprint density at radius 2 is 1.49 bits per heavy atom. The molecule has 0 saturated carbocycles. The van der Waals surface area contributed by atoms with E-state index in [0.29, 0.717) is 29.9 Å². The highest BCUT2D eigenvalue weighted by atomic mass is 16.5. The van der Waals surface area contributed by atoms with Crippen LogP contribution in [-0.2, 0) is 6.61 Å². The molecule has 0 aliphatic carbocycles. The zero-order chi connectivity index (χ0) is 24.4. The fourth-order valence-corrected chi connectivity index (χ4v) is 4.31. The Labute approximate surface area is 202 Å². The summed E-state index contributed by atoms with van der Waals surface area (Å²) in [5.74, 6) is 0.529. The molecule has 0 aromatic heterocycles. The molecule has 6 nitrogen and oxygen atoms in total. The van der Waals surface area contributed by atoms with Crippen molar-refractivity contribution >= 4 is 39.5 Å². The number of ether oxygens (including phenoxy) is 1. The van der Waals surface area contributed by atoms with E-state index in [4.69, 9.17) is 16.2 Å². The van der Waals surface area contributed by atoms with Crippen LogP contribution in [0, 0.1) is 0 Å². The first-order valence-electron chi connectivity index (χ1n) is 11.1. The number of aliphatic imine (C=N–C) groups is 1. The quantitative estimate of drug-likeness (QED) is 0.172. The first-order valence-corrected chi connectivity index (χ1v) is 11.1. The molecule has 0 saturated heterocycles. The standard InChI is InChI=1S/C29H23N3O3/c30-29(31)32-22-12-9-18(10-13-22)17-35-25-14-11-19-5-1-3-7-23(19)26(25)27-24-8-4-2-6-20(24)15-21(16-33)28(27)34/h1-16,34H,17H2,(H4,30,31,32). The summed E-state index contributed by atoms with van der Waals surface area (Å²) in [6, 6.07) is 28.6. The van der Waals surface area contributed by atoms with Crippen molar-refractivity contribution in [1.29, 1.82) is 0 Å². The Morgan fingerprint density at radius 1 is 0.829 bits per heavy atom. The van der Waals surface area contributed by atoms with Gasteiger partial charge in [-0.2, -0.15) is 0 Å². The second-order valence-electron chi connectivity index (χ2n) is 8.18. The minimum atomic E-state index is -0.0681. The lowest BCUT2D eigenvalue weighted by atomic mass is 9.90. The van der Waals surface area contributed by atoms with Crippen molar-refractivity contribution in [1.82, 2.24) is 0 Å². The van der Waals surface area contributed by atoms with Crippen LogP contribution >= 0.6 is 0 Å². The molecule has 0 aliphatic heterocycles. The SMILES string of the molecule is NC(N)=Nc1ccc(COc2ccc3ccccc3c2-c2c(O)c(C=O)cc3ccccc23)cc1. The van der Waals surface area contributed by atoms with Crippen LogP contribution in [0.4, 0.5) is 5.69 Å². The second-order valence-corrected chi connectivity index (χ2v) is 8.18. The van der Waals surface area contributed by atoms with Crippen molar-refractivity contribution in [3.05, 3.63) is 102 Å². The Balaban J connectivity index is 1.66. The maximum atomic E-state index is 11.8. The van der Waals surface area contributed by atoms with Crippen LogP contribution in [0.15, 0.2) is 96.0 Å². The number of carbonyl (C=O) groups excluding carboxylic acids is 1.